The molecular weight excluding hydrogens is 332 g/mol. The van der Waals surface area contributed by atoms with Gasteiger partial charge in [-0.05, 0) is 48.7 Å². The number of hydrogen-bond acceptors (Lipinski definition) is 5. The lowest BCUT2D eigenvalue weighted by Crippen LogP contribution is -2.30. The van der Waals surface area contributed by atoms with Crippen LogP contribution in [0.3, 0.4) is 0 Å². The van der Waals surface area contributed by atoms with Crippen molar-refractivity contribution in [3.63, 3.8) is 0 Å². The SMILES string of the molecule is O=C(c1ccc2n[nH]nc2c1)N1CCCC1c1ccc2c(c1)OCCO2. The summed E-state index contributed by atoms with van der Waals surface area (Å²) in [6, 6.07) is 11.4. The molecule has 1 N–H and O–H groups in total. The first-order valence-corrected chi connectivity index (χ1v) is 8.81. The molecule has 0 spiro atoms. The van der Waals surface area contributed by atoms with Crippen LogP contribution in [0, 0.1) is 0 Å². The van der Waals surface area contributed by atoms with E-state index in [4.69, 9.17) is 9.47 Å². The third-order valence-corrected chi connectivity index (χ3v) is 5.03. The van der Waals surface area contributed by atoms with Crippen LogP contribution in [-0.2, 0) is 0 Å². The Morgan fingerprint density at radius 1 is 1.04 bits per heavy atom. The second-order valence-electron chi connectivity index (χ2n) is 6.59. The molecule has 3 heterocycles. The summed E-state index contributed by atoms with van der Waals surface area (Å²) in [7, 11) is 0. The highest BCUT2D eigenvalue weighted by Gasteiger charge is 2.31. The van der Waals surface area contributed by atoms with Gasteiger partial charge in [0.1, 0.15) is 24.2 Å². The topological polar surface area (TPSA) is 80.3 Å². The van der Waals surface area contributed by atoms with E-state index < -0.39 is 0 Å². The lowest BCUT2D eigenvalue weighted by molar-refractivity contribution is 0.0735. The molecule has 2 aliphatic rings. The number of rotatable bonds is 2. The number of nitrogens with zero attached hydrogens (tertiary/aromatic N) is 3. The molecular formula is C19H18N4O3. The van der Waals surface area contributed by atoms with Gasteiger partial charge >= 0.3 is 0 Å². The average Bonchev–Trinajstić information content (AvgIpc) is 3.35. The first kappa shape index (κ1) is 15.2. The van der Waals surface area contributed by atoms with Gasteiger partial charge in [-0.25, -0.2) is 0 Å². The number of nitrogens with one attached hydrogen (secondary N) is 1. The number of aromatic nitrogens is 3. The molecule has 132 valence electrons. The molecule has 1 amide bonds. The summed E-state index contributed by atoms with van der Waals surface area (Å²) in [5.41, 5.74) is 3.18. The van der Waals surface area contributed by atoms with Crippen molar-refractivity contribution < 1.29 is 14.3 Å². The van der Waals surface area contributed by atoms with Crippen LogP contribution in [0.15, 0.2) is 36.4 Å². The Kier molecular flexibility index (Phi) is 3.51. The molecule has 7 nitrogen and oxygen atoms in total. The van der Waals surface area contributed by atoms with Crippen molar-refractivity contribution in [3.8, 4) is 11.5 Å². The number of fused-ring (bicyclic) bond motifs is 2. The van der Waals surface area contributed by atoms with E-state index >= 15 is 0 Å². The van der Waals surface area contributed by atoms with Crippen molar-refractivity contribution in [3.05, 3.63) is 47.5 Å². The Labute approximate surface area is 149 Å². The highest BCUT2D eigenvalue weighted by molar-refractivity contribution is 5.97. The highest BCUT2D eigenvalue weighted by Crippen LogP contribution is 2.38. The van der Waals surface area contributed by atoms with Gasteiger partial charge in [0.25, 0.3) is 5.91 Å². The number of likely N-dealkylation sites (tertiary alicyclic amines) is 1. The number of ether oxygens (including phenoxy) is 2. The summed E-state index contributed by atoms with van der Waals surface area (Å²) in [4.78, 5) is 15.0. The monoisotopic (exact) mass is 350 g/mol. The smallest absolute Gasteiger partial charge is 0.254 e. The third-order valence-electron chi connectivity index (χ3n) is 5.03. The van der Waals surface area contributed by atoms with Gasteiger partial charge in [0.15, 0.2) is 11.5 Å². The van der Waals surface area contributed by atoms with E-state index in [-0.39, 0.29) is 11.9 Å². The second-order valence-corrected chi connectivity index (χ2v) is 6.59. The molecule has 1 aromatic heterocycles. The number of hydrogen-bond donors (Lipinski definition) is 1. The van der Waals surface area contributed by atoms with Crippen molar-refractivity contribution in [1.82, 2.24) is 20.3 Å². The summed E-state index contributed by atoms with van der Waals surface area (Å²) in [5, 5.41) is 10.7. The van der Waals surface area contributed by atoms with Gasteiger partial charge in [-0.3, -0.25) is 4.79 Å². The Balaban J connectivity index is 1.45. The van der Waals surface area contributed by atoms with E-state index in [0.717, 1.165) is 42.0 Å². The fourth-order valence-electron chi connectivity index (χ4n) is 3.76. The molecule has 0 saturated carbocycles. The molecule has 3 aromatic rings. The van der Waals surface area contributed by atoms with E-state index in [1.54, 1.807) is 6.07 Å². The number of H-pyrrole nitrogens is 1. The molecule has 2 aliphatic heterocycles. The molecule has 5 rings (SSSR count). The van der Waals surface area contributed by atoms with Crippen molar-refractivity contribution in [2.45, 2.75) is 18.9 Å². The van der Waals surface area contributed by atoms with E-state index in [1.165, 1.54) is 0 Å². The standard InChI is InChI=1S/C19H18N4O3/c24-19(13-3-5-14-15(10-13)21-22-20-14)23-7-1-2-16(23)12-4-6-17-18(11-12)26-9-8-25-17/h3-6,10-11,16H,1-2,7-9H2,(H,20,21,22). The fraction of sp³-hybridized carbons (Fsp3) is 0.316. The Hall–Kier alpha value is -3.09. The van der Waals surface area contributed by atoms with Crippen LogP contribution in [-0.4, -0.2) is 46.0 Å². The second kappa shape index (κ2) is 6.01. The summed E-state index contributed by atoms with van der Waals surface area (Å²) in [5.74, 6) is 1.55. The fourth-order valence-corrected chi connectivity index (χ4v) is 3.76. The molecule has 0 aliphatic carbocycles. The predicted molar refractivity (Wildman–Crippen MR) is 94.3 cm³/mol. The van der Waals surface area contributed by atoms with Gasteiger partial charge in [-0.2, -0.15) is 15.4 Å². The van der Waals surface area contributed by atoms with E-state index in [0.29, 0.717) is 24.3 Å². The molecule has 1 saturated heterocycles. The Morgan fingerprint density at radius 3 is 2.81 bits per heavy atom. The number of benzene rings is 2. The summed E-state index contributed by atoms with van der Waals surface area (Å²) < 4.78 is 11.3. The molecule has 0 radical (unpaired) electrons. The molecule has 26 heavy (non-hydrogen) atoms. The van der Waals surface area contributed by atoms with E-state index in [9.17, 15) is 4.79 Å². The van der Waals surface area contributed by atoms with Crippen LogP contribution in [0.5, 0.6) is 11.5 Å². The number of carbonyl (C=O) groups excluding carboxylic acids is 1. The van der Waals surface area contributed by atoms with Crippen molar-refractivity contribution in [2.75, 3.05) is 19.8 Å². The molecule has 1 unspecified atom stereocenters. The Morgan fingerprint density at radius 2 is 1.88 bits per heavy atom. The van der Waals surface area contributed by atoms with Gasteiger partial charge in [0.2, 0.25) is 0 Å². The zero-order chi connectivity index (χ0) is 17.5. The summed E-state index contributed by atoms with van der Waals surface area (Å²) in [6.07, 6.45) is 1.93. The van der Waals surface area contributed by atoms with Gasteiger partial charge in [0.05, 0.1) is 6.04 Å². The zero-order valence-corrected chi connectivity index (χ0v) is 14.1. The van der Waals surface area contributed by atoms with Crippen LogP contribution < -0.4 is 9.47 Å². The number of carbonyl (C=O) groups is 1. The molecule has 2 aromatic carbocycles. The predicted octanol–water partition coefficient (Wildman–Crippen LogP) is 2.71. The van der Waals surface area contributed by atoms with Gasteiger partial charge in [-0.1, -0.05) is 6.07 Å². The average molecular weight is 350 g/mol. The minimum atomic E-state index is 0.0206. The van der Waals surface area contributed by atoms with Crippen molar-refractivity contribution in [1.29, 1.82) is 0 Å². The maximum Gasteiger partial charge on any atom is 0.254 e. The lowest BCUT2D eigenvalue weighted by atomic mass is 10.0. The largest absolute Gasteiger partial charge is 0.486 e. The normalized spacial score (nSPS) is 19.1. The van der Waals surface area contributed by atoms with Crippen molar-refractivity contribution in [2.24, 2.45) is 0 Å². The lowest BCUT2D eigenvalue weighted by Gasteiger charge is -2.27. The van der Waals surface area contributed by atoms with Crippen LogP contribution in [0.1, 0.15) is 34.8 Å². The summed E-state index contributed by atoms with van der Waals surface area (Å²) >= 11 is 0. The molecule has 1 fully saturated rings. The van der Waals surface area contributed by atoms with Crippen LogP contribution >= 0.6 is 0 Å². The highest BCUT2D eigenvalue weighted by atomic mass is 16.6. The van der Waals surface area contributed by atoms with Crippen LogP contribution in [0.4, 0.5) is 0 Å². The maximum absolute atomic E-state index is 13.1. The van der Waals surface area contributed by atoms with E-state index in [1.807, 2.05) is 35.2 Å². The van der Waals surface area contributed by atoms with Gasteiger partial charge in [-0.15, -0.1) is 0 Å². The van der Waals surface area contributed by atoms with Gasteiger partial charge < -0.3 is 14.4 Å². The minimum Gasteiger partial charge on any atom is -0.486 e. The third kappa shape index (κ3) is 2.47. The van der Waals surface area contributed by atoms with Crippen LogP contribution in [0.2, 0.25) is 0 Å². The Bertz CT molecular complexity index is 984. The first-order valence-electron chi connectivity index (χ1n) is 8.81. The van der Waals surface area contributed by atoms with Crippen LogP contribution in [0.25, 0.3) is 11.0 Å². The van der Waals surface area contributed by atoms with E-state index in [2.05, 4.69) is 15.4 Å². The summed E-state index contributed by atoms with van der Waals surface area (Å²) in [6.45, 7) is 1.88. The zero-order valence-electron chi connectivity index (χ0n) is 14.1. The minimum absolute atomic E-state index is 0.0206. The quantitative estimate of drug-likeness (QED) is 0.769. The molecule has 0 bridgehead atoms. The first-order chi connectivity index (χ1) is 12.8. The number of amides is 1. The maximum atomic E-state index is 13.1. The molecule has 7 heteroatoms. The molecule has 1 atom stereocenters. The van der Waals surface area contributed by atoms with Gasteiger partial charge in [0, 0.05) is 12.1 Å². The van der Waals surface area contributed by atoms with Crippen molar-refractivity contribution >= 4 is 16.9 Å². The number of aromatic amines is 1.